The van der Waals surface area contributed by atoms with Crippen molar-refractivity contribution in [2.75, 3.05) is 12.4 Å². The first kappa shape index (κ1) is 12.7. The van der Waals surface area contributed by atoms with Crippen molar-refractivity contribution in [1.82, 2.24) is 9.78 Å². The minimum atomic E-state index is -0.120. The fourth-order valence-electron chi connectivity index (χ4n) is 2.60. The van der Waals surface area contributed by atoms with Crippen molar-refractivity contribution in [3.63, 3.8) is 0 Å². The highest BCUT2D eigenvalue weighted by Gasteiger charge is 2.22. The second kappa shape index (κ2) is 5.00. The van der Waals surface area contributed by atoms with Gasteiger partial charge in [-0.2, -0.15) is 5.10 Å². The van der Waals surface area contributed by atoms with E-state index in [0.29, 0.717) is 5.56 Å². The van der Waals surface area contributed by atoms with Crippen molar-refractivity contribution in [3.8, 4) is 5.75 Å². The molecule has 1 aromatic carbocycles. The number of rotatable bonds is 3. The van der Waals surface area contributed by atoms with E-state index >= 15 is 0 Å². The van der Waals surface area contributed by atoms with Crippen LogP contribution in [0.25, 0.3) is 0 Å². The third-order valence-corrected chi connectivity index (χ3v) is 3.65. The molecule has 104 valence electrons. The number of benzene rings is 1. The summed E-state index contributed by atoms with van der Waals surface area (Å²) in [5, 5.41) is 7.41. The van der Waals surface area contributed by atoms with Crippen molar-refractivity contribution in [2.24, 2.45) is 7.05 Å². The second-order valence-corrected chi connectivity index (χ2v) is 4.93. The van der Waals surface area contributed by atoms with Gasteiger partial charge in [-0.1, -0.05) is 0 Å². The summed E-state index contributed by atoms with van der Waals surface area (Å²) in [6.07, 6.45) is 3.10. The van der Waals surface area contributed by atoms with Crippen LogP contribution in [0.5, 0.6) is 5.75 Å². The summed E-state index contributed by atoms with van der Waals surface area (Å²) in [5.74, 6) is 1.44. The zero-order valence-electron chi connectivity index (χ0n) is 11.6. The van der Waals surface area contributed by atoms with E-state index in [1.807, 2.05) is 7.05 Å². The molecule has 0 radical (unpaired) electrons. The molecule has 1 heterocycles. The van der Waals surface area contributed by atoms with Gasteiger partial charge in [0.1, 0.15) is 11.6 Å². The number of ether oxygens (including phenoxy) is 1. The standard InChI is InChI=1S/C15H17N3O2/c1-18-14(12-4-3-5-13(12)17-18)16-15(19)10-6-8-11(20-2)9-7-10/h6-9H,3-5H2,1-2H3,(H,16,19). The van der Waals surface area contributed by atoms with Gasteiger partial charge in [0.15, 0.2) is 0 Å². The number of nitrogens with one attached hydrogen (secondary N) is 1. The van der Waals surface area contributed by atoms with Gasteiger partial charge >= 0.3 is 0 Å². The molecule has 3 rings (SSSR count). The molecule has 20 heavy (non-hydrogen) atoms. The zero-order valence-corrected chi connectivity index (χ0v) is 11.6. The SMILES string of the molecule is COc1ccc(C(=O)Nc2c3c(nn2C)CCC3)cc1. The Bertz CT molecular complexity index is 644. The first-order valence-electron chi connectivity index (χ1n) is 6.69. The first-order chi connectivity index (χ1) is 9.69. The van der Waals surface area contributed by atoms with E-state index in [4.69, 9.17) is 4.74 Å². The van der Waals surface area contributed by atoms with Crippen LogP contribution in [0.1, 0.15) is 28.0 Å². The van der Waals surface area contributed by atoms with Crippen LogP contribution in [0.4, 0.5) is 5.82 Å². The van der Waals surface area contributed by atoms with E-state index in [1.165, 1.54) is 5.56 Å². The number of carbonyl (C=O) groups excluding carboxylic acids is 1. The lowest BCUT2D eigenvalue weighted by molar-refractivity contribution is 0.102. The molecule has 0 bridgehead atoms. The fourth-order valence-corrected chi connectivity index (χ4v) is 2.60. The molecule has 0 atom stereocenters. The Labute approximate surface area is 117 Å². The van der Waals surface area contributed by atoms with Crippen LogP contribution in [-0.2, 0) is 19.9 Å². The maximum Gasteiger partial charge on any atom is 0.256 e. The summed E-state index contributed by atoms with van der Waals surface area (Å²) in [6, 6.07) is 7.07. The third-order valence-electron chi connectivity index (χ3n) is 3.65. The fraction of sp³-hybridized carbons (Fsp3) is 0.333. The van der Waals surface area contributed by atoms with E-state index in [9.17, 15) is 4.79 Å². The van der Waals surface area contributed by atoms with Crippen molar-refractivity contribution >= 4 is 11.7 Å². The normalized spacial score (nSPS) is 13.1. The summed E-state index contributed by atoms with van der Waals surface area (Å²) < 4.78 is 6.84. The van der Waals surface area contributed by atoms with Crippen molar-refractivity contribution < 1.29 is 9.53 Å². The number of carbonyl (C=O) groups is 1. The van der Waals surface area contributed by atoms with Crippen LogP contribution >= 0.6 is 0 Å². The Morgan fingerprint density at radius 2 is 2.05 bits per heavy atom. The monoisotopic (exact) mass is 271 g/mol. The van der Waals surface area contributed by atoms with Crippen LogP contribution in [-0.4, -0.2) is 22.8 Å². The molecule has 5 nitrogen and oxygen atoms in total. The lowest BCUT2D eigenvalue weighted by Gasteiger charge is -2.08. The predicted molar refractivity (Wildman–Crippen MR) is 76.2 cm³/mol. The number of amides is 1. The smallest absolute Gasteiger partial charge is 0.256 e. The summed E-state index contributed by atoms with van der Waals surface area (Å²) in [6.45, 7) is 0. The molecule has 1 aliphatic carbocycles. The average molecular weight is 271 g/mol. The van der Waals surface area contributed by atoms with Crippen LogP contribution in [0, 0.1) is 0 Å². The van der Waals surface area contributed by atoms with E-state index in [-0.39, 0.29) is 5.91 Å². The maximum atomic E-state index is 12.3. The zero-order chi connectivity index (χ0) is 14.1. The van der Waals surface area contributed by atoms with Crippen molar-refractivity contribution in [1.29, 1.82) is 0 Å². The van der Waals surface area contributed by atoms with Gasteiger partial charge in [0, 0.05) is 18.2 Å². The molecule has 1 aromatic heterocycles. The Balaban J connectivity index is 1.82. The number of methoxy groups -OCH3 is 1. The Morgan fingerprint density at radius 1 is 1.30 bits per heavy atom. The number of aromatic nitrogens is 2. The lowest BCUT2D eigenvalue weighted by Crippen LogP contribution is -2.15. The molecule has 0 aliphatic heterocycles. The largest absolute Gasteiger partial charge is 0.497 e. The molecule has 0 spiro atoms. The summed E-state index contributed by atoms with van der Waals surface area (Å²) in [4.78, 5) is 12.3. The predicted octanol–water partition coefficient (Wildman–Crippen LogP) is 2.17. The second-order valence-electron chi connectivity index (χ2n) is 4.93. The van der Waals surface area contributed by atoms with Crippen LogP contribution in [0.2, 0.25) is 0 Å². The van der Waals surface area contributed by atoms with Gasteiger partial charge < -0.3 is 10.1 Å². The van der Waals surface area contributed by atoms with E-state index < -0.39 is 0 Å². The highest BCUT2D eigenvalue weighted by molar-refractivity contribution is 6.04. The molecular formula is C15H17N3O2. The van der Waals surface area contributed by atoms with E-state index in [0.717, 1.165) is 36.5 Å². The van der Waals surface area contributed by atoms with Crippen molar-refractivity contribution in [3.05, 3.63) is 41.1 Å². The lowest BCUT2D eigenvalue weighted by atomic mass is 10.2. The van der Waals surface area contributed by atoms with Gasteiger partial charge in [-0.25, -0.2) is 0 Å². The number of hydrogen-bond donors (Lipinski definition) is 1. The molecule has 0 saturated heterocycles. The topological polar surface area (TPSA) is 56.1 Å². The molecule has 5 heteroatoms. The maximum absolute atomic E-state index is 12.3. The molecule has 0 unspecified atom stereocenters. The molecule has 1 amide bonds. The van der Waals surface area contributed by atoms with Crippen LogP contribution in [0.3, 0.4) is 0 Å². The molecule has 1 aliphatic rings. The number of nitrogens with zero attached hydrogens (tertiary/aromatic N) is 2. The summed E-state index contributed by atoms with van der Waals surface area (Å²) in [5.41, 5.74) is 2.89. The van der Waals surface area contributed by atoms with Gasteiger partial charge in [-0.05, 0) is 43.5 Å². The average Bonchev–Trinajstić information content (AvgIpc) is 3.02. The van der Waals surface area contributed by atoms with E-state index in [1.54, 1.807) is 36.1 Å². The number of anilines is 1. The number of hydrogen-bond acceptors (Lipinski definition) is 3. The van der Waals surface area contributed by atoms with Crippen LogP contribution < -0.4 is 10.1 Å². The van der Waals surface area contributed by atoms with Crippen molar-refractivity contribution in [2.45, 2.75) is 19.3 Å². The van der Waals surface area contributed by atoms with Gasteiger partial charge in [-0.3, -0.25) is 9.48 Å². The molecule has 2 aromatic rings. The molecular weight excluding hydrogens is 254 g/mol. The molecule has 0 saturated carbocycles. The Kier molecular flexibility index (Phi) is 3.18. The number of aryl methyl sites for hydroxylation is 2. The Hall–Kier alpha value is -2.30. The summed E-state index contributed by atoms with van der Waals surface area (Å²) >= 11 is 0. The quantitative estimate of drug-likeness (QED) is 0.930. The van der Waals surface area contributed by atoms with Crippen LogP contribution in [0.15, 0.2) is 24.3 Å². The highest BCUT2D eigenvalue weighted by atomic mass is 16.5. The van der Waals surface area contributed by atoms with Gasteiger partial charge in [0.25, 0.3) is 5.91 Å². The van der Waals surface area contributed by atoms with Gasteiger partial charge in [-0.15, -0.1) is 0 Å². The first-order valence-corrected chi connectivity index (χ1v) is 6.69. The Morgan fingerprint density at radius 3 is 2.75 bits per heavy atom. The highest BCUT2D eigenvalue weighted by Crippen LogP contribution is 2.28. The minimum absolute atomic E-state index is 0.120. The molecule has 1 N–H and O–H groups in total. The van der Waals surface area contributed by atoms with Gasteiger partial charge in [0.2, 0.25) is 0 Å². The third kappa shape index (κ3) is 2.15. The van der Waals surface area contributed by atoms with Gasteiger partial charge in [0.05, 0.1) is 12.8 Å². The molecule has 0 fully saturated rings. The van der Waals surface area contributed by atoms with E-state index in [2.05, 4.69) is 10.4 Å². The minimum Gasteiger partial charge on any atom is -0.497 e. The number of fused-ring (bicyclic) bond motifs is 1. The summed E-state index contributed by atoms with van der Waals surface area (Å²) in [7, 11) is 3.47.